The molecule has 0 spiro atoms. The fraction of sp³-hybridized carbons (Fsp3) is 0.750. The van der Waals surface area contributed by atoms with Gasteiger partial charge in [-0.3, -0.25) is 4.68 Å². The van der Waals surface area contributed by atoms with Gasteiger partial charge in [-0.15, -0.1) is 0 Å². The molecule has 104 valence electrons. The number of aliphatic hydroxyl groups is 1. The third-order valence-electron chi connectivity index (χ3n) is 2.93. The van der Waals surface area contributed by atoms with Gasteiger partial charge >= 0.3 is 0 Å². The van der Waals surface area contributed by atoms with Gasteiger partial charge < -0.3 is 14.7 Å². The predicted octanol–water partition coefficient (Wildman–Crippen LogP) is 1.67. The molecular formula is C12H22BrN3O2. The summed E-state index contributed by atoms with van der Waals surface area (Å²) in [6, 6.07) is 0. The smallest absolute Gasteiger partial charge is 0.123 e. The second kappa shape index (κ2) is 7.23. The first-order chi connectivity index (χ1) is 8.51. The maximum atomic E-state index is 10.4. The summed E-state index contributed by atoms with van der Waals surface area (Å²) >= 11 is 3.44. The number of ether oxygens (including phenoxy) is 1. The van der Waals surface area contributed by atoms with E-state index in [1.807, 2.05) is 25.7 Å². The third kappa shape index (κ3) is 3.78. The van der Waals surface area contributed by atoms with Gasteiger partial charge in [-0.05, 0) is 36.4 Å². The van der Waals surface area contributed by atoms with Crippen molar-refractivity contribution in [2.24, 2.45) is 0 Å². The van der Waals surface area contributed by atoms with Crippen molar-refractivity contribution in [2.75, 3.05) is 27.7 Å². The highest BCUT2D eigenvalue weighted by atomic mass is 79.9. The van der Waals surface area contributed by atoms with Gasteiger partial charge in [0.1, 0.15) is 6.10 Å². The Bertz CT molecular complexity index is 364. The van der Waals surface area contributed by atoms with E-state index in [-0.39, 0.29) is 6.10 Å². The van der Waals surface area contributed by atoms with E-state index in [0.717, 1.165) is 29.7 Å². The van der Waals surface area contributed by atoms with Gasteiger partial charge in [0.05, 0.1) is 29.0 Å². The second-order valence-electron chi connectivity index (χ2n) is 4.53. The molecule has 5 nitrogen and oxygen atoms in total. The molecule has 0 saturated carbocycles. The van der Waals surface area contributed by atoms with Crippen LogP contribution in [0.4, 0.5) is 0 Å². The average molecular weight is 320 g/mol. The van der Waals surface area contributed by atoms with E-state index < -0.39 is 6.10 Å². The number of hydrogen-bond acceptors (Lipinski definition) is 4. The molecule has 0 aromatic carbocycles. The molecule has 0 bridgehead atoms. The quantitative estimate of drug-likeness (QED) is 0.830. The Hall–Kier alpha value is -0.430. The molecule has 0 amide bonds. The number of hydrogen-bond donors (Lipinski definition) is 1. The fourth-order valence-electron chi connectivity index (χ4n) is 1.83. The normalized spacial score (nSPS) is 15.1. The first-order valence-electron chi connectivity index (χ1n) is 6.08. The number of nitrogens with zero attached hydrogens (tertiary/aromatic N) is 3. The molecule has 0 radical (unpaired) electrons. The van der Waals surface area contributed by atoms with Crippen LogP contribution in [0.25, 0.3) is 0 Å². The second-order valence-corrected chi connectivity index (χ2v) is 5.39. The van der Waals surface area contributed by atoms with E-state index in [2.05, 4.69) is 25.9 Å². The number of rotatable bonds is 7. The lowest BCUT2D eigenvalue weighted by Gasteiger charge is -2.22. The van der Waals surface area contributed by atoms with Crippen LogP contribution < -0.4 is 0 Å². The molecule has 18 heavy (non-hydrogen) atoms. The van der Waals surface area contributed by atoms with Gasteiger partial charge in [-0.1, -0.05) is 6.92 Å². The number of aliphatic hydroxyl groups excluding tert-OH is 1. The number of aromatic nitrogens is 2. The minimum absolute atomic E-state index is 0.212. The van der Waals surface area contributed by atoms with Gasteiger partial charge in [0.25, 0.3) is 0 Å². The highest BCUT2D eigenvalue weighted by Crippen LogP contribution is 2.27. The lowest BCUT2D eigenvalue weighted by molar-refractivity contribution is -0.0195. The van der Waals surface area contributed by atoms with Gasteiger partial charge in [-0.25, -0.2) is 0 Å². The zero-order chi connectivity index (χ0) is 13.7. The molecule has 0 saturated heterocycles. The summed E-state index contributed by atoms with van der Waals surface area (Å²) in [5.41, 5.74) is 0.783. The van der Waals surface area contributed by atoms with Crippen molar-refractivity contribution in [3.05, 3.63) is 16.4 Å². The molecule has 1 rings (SSSR count). The van der Waals surface area contributed by atoms with Crippen LogP contribution in [0.15, 0.2) is 10.7 Å². The Labute approximate surface area is 117 Å². The summed E-state index contributed by atoms with van der Waals surface area (Å²) in [6.07, 6.45) is 1.59. The van der Waals surface area contributed by atoms with Crippen LogP contribution in [0.3, 0.4) is 0 Å². The fourth-order valence-corrected chi connectivity index (χ4v) is 2.36. The van der Waals surface area contributed by atoms with Gasteiger partial charge in [-0.2, -0.15) is 5.10 Å². The molecule has 1 aromatic rings. The summed E-state index contributed by atoms with van der Waals surface area (Å²) < 4.78 is 7.95. The van der Waals surface area contributed by atoms with E-state index in [1.165, 1.54) is 0 Å². The van der Waals surface area contributed by atoms with Crippen LogP contribution in [0.1, 0.15) is 25.1 Å². The third-order valence-corrected chi connectivity index (χ3v) is 3.54. The van der Waals surface area contributed by atoms with Crippen LogP contribution in [0.2, 0.25) is 0 Å². The van der Waals surface area contributed by atoms with E-state index in [0.29, 0.717) is 0 Å². The van der Waals surface area contributed by atoms with E-state index >= 15 is 0 Å². The van der Waals surface area contributed by atoms with Crippen LogP contribution >= 0.6 is 15.9 Å². The van der Waals surface area contributed by atoms with Crippen molar-refractivity contribution in [1.82, 2.24) is 14.7 Å². The first-order valence-corrected chi connectivity index (χ1v) is 6.87. The molecular weight excluding hydrogens is 298 g/mol. The Morgan fingerprint density at radius 3 is 2.72 bits per heavy atom. The van der Waals surface area contributed by atoms with Gasteiger partial charge in [0.2, 0.25) is 0 Å². The largest absolute Gasteiger partial charge is 0.384 e. The SMILES string of the molecule is CCC(OC)C(O)c1c(Br)cnn1CCN(C)C. The highest BCUT2D eigenvalue weighted by molar-refractivity contribution is 9.10. The zero-order valence-corrected chi connectivity index (χ0v) is 13.0. The molecule has 1 N–H and O–H groups in total. The minimum atomic E-state index is -0.668. The molecule has 6 heteroatoms. The molecule has 0 aliphatic heterocycles. The van der Waals surface area contributed by atoms with Gasteiger partial charge in [0, 0.05) is 13.7 Å². The Morgan fingerprint density at radius 1 is 1.56 bits per heavy atom. The van der Waals surface area contributed by atoms with E-state index in [1.54, 1.807) is 13.3 Å². The minimum Gasteiger partial charge on any atom is -0.384 e. The Balaban J connectivity index is 2.89. The van der Waals surface area contributed by atoms with Crippen LogP contribution in [0.5, 0.6) is 0 Å². The number of halogens is 1. The van der Waals surface area contributed by atoms with Crippen LogP contribution in [-0.4, -0.2) is 53.6 Å². The van der Waals surface area contributed by atoms with Crippen molar-refractivity contribution in [1.29, 1.82) is 0 Å². The highest BCUT2D eigenvalue weighted by Gasteiger charge is 2.25. The zero-order valence-electron chi connectivity index (χ0n) is 11.4. The summed E-state index contributed by atoms with van der Waals surface area (Å²) in [4.78, 5) is 2.08. The molecule has 0 aliphatic rings. The summed E-state index contributed by atoms with van der Waals surface area (Å²) in [6.45, 7) is 3.61. The molecule has 0 fully saturated rings. The van der Waals surface area contributed by atoms with E-state index in [4.69, 9.17) is 4.74 Å². The Morgan fingerprint density at radius 2 is 2.22 bits per heavy atom. The first kappa shape index (κ1) is 15.6. The predicted molar refractivity (Wildman–Crippen MR) is 74.5 cm³/mol. The lowest BCUT2D eigenvalue weighted by atomic mass is 10.1. The van der Waals surface area contributed by atoms with Crippen molar-refractivity contribution in [3.8, 4) is 0 Å². The molecule has 1 heterocycles. The maximum Gasteiger partial charge on any atom is 0.123 e. The van der Waals surface area contributed by atoms with E-state index in [9.17, 15) is 5.11 Å². The Kier molecular flexibility index (Phi) is 6.28. The number of likely N-dealkylation sites (N-methyl/N-ethyl adjacent to an activating group) is 1. The average Bonchev–Trinajstić information content (AvgIpc) is 2.69. The maximum absolute atomic E-state index is 10.4. The van der Waals surface area contributed by atoms with Crippen molar-refractivity contribution >= 4 is 15.9 Å². The van der Waals surface area contributed by atoms with Crippen molar-refractivity contribution in [3.63, 3.8) is 0 Å². The molecule has 2 atom stereocenters. The molecule has 1 aromatic heterocycles. The molecule has 2 unspecified atom stereocenters. The van der Waals surface area contributed by atoms with Crippen molar-refractivity contribution in [2.45, 2.75) is 32.1 Å². The summed E-state index contributed by atoms with van der Waals surface area (Å²) in [5, 5.41) is 14.7. The van der Waals surface area contributed by atoms with Crippen molar-refractivity contribution < 1.29 is 9.84 Å². The lowest BCUT2D eigenvalue weighted by Crippen LogP contribution is -2.26. The summed E-state index contributed by atoms with van der Waals surface area (Å²) in [7, 11) is 5.64. The standard InChI is InChI=1S/C12H22BrN3O2/c1-5-10(18-4)12(17)11-9(13)8-14-16(11)7-6-15(2)3/h8,10,12,17H,5-7H2,1-4H3. The van der Waals surface area contributed by atoms with Crippen LogP contribution in [0, 0.1) is 0 Å². The van der Waals surface area contributed by atoms with Crippen LogP contribution in [-0.2, 0) is 11.3 Å². The number of methoxy groups -OCH3 is 1. The molecule has 0 aliphatic carbocycles. The monoisotopic (exact) mass is 319 g/mol. The van der Waals surface area contributed by atoms with Gasteiger partial charge in [0.15, 0.2) is 0 Å². The summed E-state index contributed by atoms with van der Waals surface area (Å²) in [5.74, 6) is 0. The topological polar surface area (TPSA) is 50.5 Å².